The Morgan fingerprint density at radius 3 is 1.40 bits per heavy atom. The van der Waals surface area contributed by atoms with Crippen molar-refractivity contribution < 1.29 is 22.0 Å². The van der Waals surface area contributed by atoms with Crippen LogP contribution in [0.25, 0.3) is 0 Å². The van der Waals surface area contributed by atoms with Crippen molar-refractivity contribution in [3.05, 3.63) is 35.2 Å². The number of rotatable bonds is 0. The van der Waals surface area contributed by atoms with Gasteiger partial charge in [0.05, 0.1) is 0 Å². The summed E-state index contributed by atoms with van der Waals surface area (Å²) in [5, 5.41) is 0. The second kappa shape index (κ2) is 6.07. The van der Waals surface area contributed by atoms with Gasteiger partial charge in [0.25, 0.3) is 0 Å². The average Bonchev–Trinajstić information content (AvgIpc) is 2.11. The molecule has 0 aliphatic rings. The molecule has 7 heteroatoms. The summed E-state index contributed by atoms with van der Waals surface area (Å²) < 4.78 is 60.0. The summed E-state index contributed by atoms with van der Waals surface area (Å²) in [5.41, 5.74) is 0. The van der Waals surface area contributed by atoms with Gasteiger partial charge in [-0.2, -0.15) is 11.1 Å². The molecule has 0 bridgehead atoms. The van der Waals surface area contributed by atoms with Gasteiger partial charge in [0, 0.05) is 6.07 Å². The van der Waals surface area contributed by atoms with E-state index in [1.54, 1.807) is 0 Å². The molecule has 0 saturated heterocycles. The molecule has 0 saturated carbocycles. The highest BCUT2D eigenvalue weighted by Crippen LogP contribution is 2.16. The van der Waals surface area contributed by atoms with Crippen LogP contribution < -0.4 is 0 Å². The van der Waals surface area contributed by atoms with Crippen LogP contribution in [0.1, 0.15) is 0 Å². The molecule has 1 aromatic rings. The van der Waals surface area contributed by atoms with Crippen LogP contribution in [0.3, 0.4) is 0 Å². The van der Waals surface area contributed by atoms with Crippen LogP contribution >= 0.6 is 11.1 Å². The Hall–Kier alpha value is -0.623. The van der Waals surface area contributed by atoms with E-state index in [-0.39, 0.29) is 6.07 Å². The SMILES string of the molecule is C[SiH](C)Cl.Fc1cc(F)c(F)c(F)c1F. The lowest BCUT2D eigenvalue weighted by atomic mass is 10.3. The van der Waals surface area contributed by atoms with Gasteiger partial charge in [-0.3, -0.25) is 0 Å². The van der Waals surface area contributed by atoms with Crippen molar-refractivity contribution in [1.82, 2.24) is 0 Å². The molecule has 0 N–H and O–H groups in total. The Labute approximate surface area is 90.0 Å². The Morgan fingerprint density at radius 1 is 0.867 bits per heavy atom. The first kappa shape index (κ1) is 14.4. The topological polar surface area (TPSA) is 0 Å². The largest absolute Gasteiger partial charge is 0.204 e. The van der Waals surface area contributed by atoms with Crippen LogP contribution in [0.15, 0.2) is 6.07 Å². The molecule has 0 heterocycles. The highest BCUT2D eigenvalue weighted by Gasteiger charge is 2.18. The summed E-state index contributed by atoms with van der Waals surface area (Å²) in [7, 11) is -0.667. The molecular formula is C8H8ClF5Si. The van der Waals surface area contributed by atoms with Gasteiger partial charge in [-0.1, -0.05) is 13.1 Å². The minimum atomic E-state index is -2.14. The van der Waals surface area contributed by atoms with Crippen LogP contribution in [0.2, 0.25) is 13.1 Å². The van der Waals surface area contributed by atoms with Crippen molar-refractivity contribution in [2.75, 3.05) is 0 Å². The van der Waals surface area contributed by atoms with Crippen molar-refractivity contribution in [3.63, 3.8) is 0 Å². The highest BCUT2D eigenvalue weighted by atomic mass is 35.6. The summed E-state index contributed by atoms with van der Waals surface area (Å²) in [6.07, 6.45) is 0. The summed E-state index contributed by atoms with van der Waals surface area (Å²) in [6, 6.07) is -0.0618. The molecule has 0 atom stereocenters. The Kier molecular flexibility index (Phi) is 5.82. The van der Waals surface area contributed by atoms with Gasteiger partial charge in [0.1, 0.15) is 8.11 Å². The predicted molar refractivity (Wildman–Crippen MR) is 51.0 cm³/mol. The lowest BCUT2D eigenvalue weighted by Crippen LogP contribution is -1.98. The van der Waals surface area contributed by atoms with E-state index in [1.165, 1.54) is 0 Å². The van der Waals surface area contributed by atoms with E-state index < -0.39 is 37.2 Å². The summed E-state index contributed by atoms with van der Waals surface area (Å²) >= 11 is 5.41. The zero-order valence-electron chi connectivity index (χ0n) is 7.92. The van der Waals surface area contributed by atoms with E-state index in [9.17, 15) is 22.0 Å². The Morgan fingerprint density at radius 2 is 1.13 bits per heavy atom. The fourth-order valence-corrected chi connectivity index (χ4v) is 0.544. The highest BCUT2D eigenvalue weighted by molar-refractivity contribution is 7.05. The van der Waals surface area contributed by atoms with Crippen LogP contribution in [-0.2, 0) is 0 Å². The minimum Gasteiger partial charge on any atom is -0.204 e. The second-order valence-electron chi connectivity index (χ2n) is 2.80. The maximum atomic E-state index is 12.0. The van der Waals surface area contributed by atoms with Crippen molar-refractivity contribution in [2.24, 2.45) is 0 Å². The van der Waals surface area contributed by atoms with Crippen LogP contribution in [0, 0.1) is 29.1 Å². The molecule has 15 heavy (non-hydrogen) atoms. The third-order valence-electron chi connectivity index (χ3n) is 1.06. The zero-order valence-corrected chi connectivity index (χ0v) is 9.83. The van der Waals surface area contributed by atoms with E-state index in [2.05, 4.69) is 13.1 Å². The molecular weight excluding hydrogens is 255 g/mol. The van der Waals surface area contributed by atoms with Gasteiger partial charge in [0.2, 0.25) is 5.82 Å². The third-order valence-corrected chi connectivity index (χ3v) is 1.06. The molecule has 0 aromatic heterocycles. The van der Waals surface area contributed by atoms with Gasteiger partial charge in [-0.05, 0) is 0 Å². The van der Waals surface area contributed by atoms with Crippen molar-refractivity contribution in [2.45, 2.75) is 13.1 Å². The molecule has 0 aliphatic carbocycles. The lowest BCUT2D eigenvalue weighted by Gasteiger charge is -1.96. The van der Waals surface area contributed by atoms with Crippen molar-refractivity contribution >= 4 is 19.2 Å². The average molecular weight is 263 g/mol. The molecule has 0 nitrogen and oxygen atoms in total. The Balaban J connectivity index is 0.000000423. The molecule has 1 rings (SSSR count). The lowest BCUT2D eigenvalue weighted by molar-refractivity contribution is 0.378. The molecule has 0 fully saturated rings. The smallest absolute Gasteiger partial charge is 0.200 e. The minimum absolute atomic E-state index is 0.0618. The van der Waals surface area contributed by atoms with Crippen LogP contribution in [0.4, 0.5) is 22.0 Å². The van der Waals surface area contributed by atoms with E-state index in [4.69, 9.17) is 11.1 Å². The molecule has 0 aliphatic heterocycles. The first-order valence-electron chi connectivity index (χ1n) is 3.90. The van der Waals surface area contributed by atoms with Crippen molar-refractivity contribution in [1.29, 1.82) is 0 Å². The maximum absolute atomic E-state index is 12.0. The normalized spacial score (nSPS) is 9.93. The number of benzene rings is 1. The molecule has 0 radical (unpaired) electrons. The van der Waals surface area contributed by atoms with Crippen LogP contribution in [0.5, 0.6) is 0 Å². The summed E-state index contributed by atoms with van der Waals surface area (Å²) in [5.74, 6) is -9.65. The molecule has 0 spiro atoms. The summed E-state index contributed by atoms with van der Waals surface area (Å²) in [6.45, 7) is 4.14. The third kappa shape index (κ3) is 4.61. The van der Waals surface area contributed by atoms with E-state index >= 15 is 0 Å². The monoisotopic (exact) mass is 262 g/mol. The second-order valence-corrected chi connectivity index (χ2v) is 7.44. The first-order valence-corrected chi connectivity index (χ1v) is 7.95. The fraction of sp³-hybridized carbons (Fsp3) is 0.250. The quantitative estimate of drug-likeness (QED) is 0.220. The molecule has 1 aromatic carbocycles. The maximum Gasteiger partial charge on any atom is 0.200 e. The first-order chi connectivity index (χ1) is 6.77. The predicted octanol–water partition coefficient (Wildman–Crippen LogP) is 3.59. The zero-order chi connectivity index (χ0) is 12.2. The van der Waals surface area contributed by atoms with E-state index in [0.717, 1.165) is 0 Å². The number of hydrogen-bond donors (Lipinski definition) is 0. The van der Waals surface area contributed by atoms with E-state index in [0.29, 0.717) is 0 Å². The standard InChI is InChI=1S/C6HF5.C2H7ClSi/c7-2-1-3(8)5(10)6(11)4(2)9;1-4(2)3/h1H;4H,1-2H3. The molecule has 0 unspecified atom stereocenters. The van der Waals surface area contributed by atoms with Gasteiger partial charge in [0.15, 0.2) is 23.3 Å². The molecule has 86 valence electrons. The van der Waals surface area contributed by atoms with Gasteiger partial charge < -0.3 is 0 Å². The fourth-order valence-electron chi connectivity index (χ4n) is 0.544. The van der Waals surface area contributed by atoms with Gasteiger partial charge in [-0.25, -0.2) is 22.0 Å². The molecule has 0 amide bonds. The van der Waals surface area contributed by atoms with Crippen molar-refractivity contribution in [3.8, 4) is 0 Å². The summed E-state index contributed by atoms with van der Waals surface area (Å²) in [4.78, 5) is 0. The number of halogens is 6. The van der Waals surface area contributed by atoms with Gasteiger partial charge in [-0.15, -0.1) is 0 Å². The Bertz CT molecular complexity index is 313. The number of hydrogen-bond acceptors (Lipinski definition) is 0. The van der Waals surface area contributed by atoms with E-state index in [1.807, 2.05) is 0 Å². The van der Waals surface area contributed by atoms with Crippen LogP contribution in [-0.4, -0.2) is 8.11 Å². The van der Waals surface area contributed by atoms with Gasteiger partial charge >= 0.3 is 0 Å².